The smallest absolute Gasteiger partial charge is 0.287 e. The zero-order valence-corrected chi connectivity index (χ0v) is 18.2. The molecule has 28 heavy (non-hydrogen) atoms. The summed E-state index contributed by atoms with van der Waals surface area (Å²) < 4.78 is 60.8. The molecule has 0 bridgehead atoms. The molecule has 1 fully saturated rings. The van der Waals surface area contributed by atoms with Crippen molar-refractivity contribution in [3.05, 3.63) is 53.6 Å². The first-order valence-electron chi connectivity index (χ1n) is 8.28. The van der Waals surface area contributed by atoms with Crippen molar-refractivity contribution >= 4 is 42.3 Å². The molecule has 0 amide bonds. The molecular weight excluding hydrogens is 444 g/mol. The molecule has 0 saturated carbocycles. The molecule has 7 nitrogen and oxygen atoms in total. The van der Waals surface area contributed by atoms with Gasteiger partial charge in [0.05, 0.1) is 16.9 Å². The van der Waals surface area contributed by atoms with Crippen LogP contribution in [0.4, 0.5) is 0 Å². The van der Waals surface area contributed by atoms with Gasteiger partial charge in [0, 0.05) is 29.6 Å². The highest BCUT2D eigenvalue weighted by Gasteiger charge is 2.28. The van der Waals surface area contributed by atoms with E-state index < -0.39 is 30.7 Å². The first kappa shape index (κ1) is 21.3. The topological polar surface area (TPSA) is 93.1 Å². The first-order valence-corrected chi connectivity index (χ1v) is 13.1. The summed E-state index contributed by atoms with van der Waals surface area (Å²) in [5.41, 5.74) is 0. The fourth-order valence-electron chi connectivity index (χ4n) is 2.63. The van der Waals surface area contributed by atoms with Crippen molar-refractivity contribution in [1.82, 2.24) is 4.31 Å². The number of sulfonamides is 2. The summed E-state index contributed by atoms with van der Waals surface area (Å²) in [6.07, 6.45) is 0. The average molecular weight is 463 g/mol. The summed E-state index contributed by atoms with van der Waals surface area (Å²) >= 11 is 5.81. The normalized spacial score (nSPS) is 16.6. The van der Waals surface area contributed by atoms with Crippen molar-refractivity contribution in [2.45, 2.75) is 9.79 Å². The van der Waals surface area contributed by atoms with Crippen LogP contribution >= 0.6 is 11.6 Å². The molecule has 152 valence electrons. The van der Waals surface area contributed by atoms with E-state index >= 15 is 0 Å². The van der Waals surface area contributed by atoms with E-state index in [0.29, 0.717) is 22.3 Å². The number of methoxy groups -OCH3 is 1. The van der Waals surface area contributed by atoms with Gasteiger partial charge in [-0.05, 0) is 48.5 Å². The molecule has 0 radical (unpaired) electrons. The Morgan fingerprint density at radius 2 is 1.46 bits per heavy atom. The molecule has 0 unspecified atom stereocenters. The standard InChI is InChI=1S/C17H19ClN2O5S3/c1-25-15-4-8-16(9-5-15)27(21,22)19-26-12-10-20(11-13-26)28(23,24)17-6-2-14(18)3-7-17/h2-9H,10-13H2,1H3. The number of hydrogen-bond donors (Lipinski definition) is 0. The molecule has 11 heteroatoms. The predicted molar refractivity (Wildman–Crippen MR) is 110 cm³/mol. The molecule has 0 aliphatic carbocycles. The van der Waals surface area contributed by atoms with Crippen molar-refractivity contribution in [3.63, 3.8) is 0 Å². The summed E-state index contributed by atoms with van der Waals surface area (Å²) in [7, 11) is -6.68. The molecule has 1 heterocycles. The molecule has 0 atom stereocenters. The maximum absolute atomic E-state index is 12.7. The van der Waals surface area contributed by atoms with Crippen LogP contribution in [0.2, 0.25) is 5.02 Å². The van der Waals surface area contributed by atoms with E-state index in [0.717, 1.165) is 0 Å². The van der Waals surface area contributed by atoms with Gasteiger partial charge in [-0.15, -0.1) is 3.77 Å². The largest absolute Gasteiger partial charge is 0.497 e. The molecule has 0 spiro atoms. The Morgan fingerprint density at radius 1 is 0.929 bits per heavy atom. The molecule has 2 aromatic rings. The minimum atomic E-state index is -3.80. The van der Waals surface area contributed by atoms with E-state index in [1.54, 1.807) is 12.1 Å². The lowest BCUT2D eigenvalue weighted by atomic mass is 10.3. The maximum atomic E-state index is 12.7. The van der Waals surface area contributed by atoms with E-state index in [1.165, 1.54) is 47.8 Å². The molecule has 3 rings (SSSR count). The van der Waals surface area contributed by atoms with Gasteiger partial charge in [-0.2, -0.15) is 12.7 Å². The monoisotopic (exact) mass is 462 g/mol. The van der Waals surface area contributed by atoms with Crippen LogP contribution in [0.5, 0.6) is 5.75 Å². The third-order valence-corrected chi connectivity index (χ3v) is 10.1. The minimum absolute atomic E-state index is 0.0945. The highest BCUT2D eigenvalue weighted by atomic mass is 35.5. The second-order valence-electron chi connectivity index (χ2n) is 5.95. The Bertz CT molecular complexity index is 1070. The van der Waals surface area contributed by atoms with Crippen molar-refractivity contribution in [1.29, 1.82) is 0 Å². The lowest BCUT2D eigenvalue weighted by molar-refractivity contribution is 0.414. The number of hydrogen-bond acceptors (Lipinski definition) is 5. The predicted octanol–water partition coefficient (Wildman–Crippen LogP) is 2.54. The molecule has 0 aromatic heterocycles. The number of nitrogens with zero attached hydrogens (tertiary/aromatic N) is 2. The van der Waals surface area contributed by atoms with Crippen molar-refractivity contribution in [2.24, 2.45) is 3.77 Å². The summed E-state index contributed by atoms with van der Waals surface area (Å²) in [4.78, 5) is 0.262. The number of rotatable bonds is 5. The second kappa shape index (κ2) is 8.50. The van der Waals surface area contributed by atoms with Crippen LogP contribution in [-0.4, -0.2) is 52.8 Å². The fourth-order valence-corrected chi connectivity index (χ4v) is 8.02. The van der Waals surface area contributed by atoms with Gasteiger partial charge >= 0.3 is 0 Å². The highest BCUT2D eigenvalue weighted by Crippen LogP contribution is 2.22. The number of ether oxygens (including phenoxy) is 1. The van der Waals surface area contributed by atoms with Gasteiger partial charge in [0.15, 0.2) is 0 Å². The Balaban J connectivity index is 1.72. The first-order chi connectivity index (χ1) is 13.2. The van der Waals surface area contributed by atoms with Gasteiger partial charge in [0.1, 0.15) is 5.75 Å². The van der Waals surface area contributed by atoms with E-state index in [2.05, 4.69) is 3.77 Å². The van der Waals surface area contributed by atoms with Crippen LogP contribution in [0.15, 0.2) is 62.1 Å². The van der Waals surface area contributed by atoms with E-state index in [-0.39, 0.29) is 22.9 Å². The summed E-state index contributed by atoms with van der Waals surface area (Å²) in [5, 5.41) is 0.460. The Hall–Kier alpha value is -1.46. The summed E-state index contributed by atoms with van der Waals surface area (Å²) in [6.45, 7) is 0.436. The summed E-state index contributed by atoms with van der Waals surface area (Å²) in [6, 6.07) is 12.0. The van der Waals surface area contributed by atoms with E-state index in [1.807, 2.05) is 0 Å². The SMILES string of the molecule is COc1ccc(S(=O)(=O)N=S2CCN(S(=O)(=O)c3ccc(Cl)cc3)CC2)cc1. The Morgan fingerprint density at radius 3 is 2.00 bits per heavy atom. The lowest BCUT2D eigenvalue weighted by Crippen LogP contribution is -2.41. The van der Waals surface area contributed by atoms with Crippen LogP contribution in [-0.2, 0) is 30.7 Å². The van der Waals surface area contributed by atoms with Gasteiger partial charge in [-0.1, -0.05) is 22.3 Å². The molecule has 1 aliphatic heterocycles. The van der Waals surface area contributed by atoms with Crippen LogP contribution in [0.3, 0.4) is 0 Å². The average Bonchev–Trinajstić information content (AvgIpc) is 2.68. The van der Waals surface area contributed by atoms with Crippen LogP contribution < -0.4 is 4.74 Å². The van der Waals surface area contributed by atoms with Gasteiger partial charge in [-0.25, -0.2) is 8.42 Å². The number of halogens is 1. The molecular formula is C17H19ClN2O5S3. The third kappa shape index (κ3) is 4.74. The van der Waals surface area contributed by atoms with Crippen molar-refractivity contribution in [2.75, 3.05) is 31.7 Å². The Kier molecular flexibility index (Phi) is 6.45. The van der Waals surface area contributed by atoms with Crippen LogP contribution in [0.1, 0.15) is 0 Å². The third-order valence-electron chi connectivity index (χ3n) is 4.16. The van der Waals surface area contributed by atoms with Crippen molar-refractivity contribution in [3.8, 4) is 5.75 Å². The zero-order valence-electron chi connectivity index (χ0n) is 15.0. The molecule has 2 aromatic carbocycles. The van der Waals surface area contributed by atoms with Gasteiger partial charge < -0.3 is 4.74 Å². The molecule has 1 aliphatic rings. The lowest BCUT2D eigenvalue weighted by Gasteiger charge is -2.27. The minimum Gasteiger partial charge on any atom is -0.497 e. The summed E-state index contributed by atoms with van der Waals surface area (Å²) in [5.74, 6) is 1.28. The fraction of sp³-hybridized carbons (Fsp3) is 0.294. The second-order valence-corrected chi connectivity index (χ2v) is 12.1. The van der Waals surface area contributed by atoms with Crippen molar-refractivity contribution < 1.29 is 21.6 Å². The van der Waals surface area contributed by atoms with Crippen LogP contribution in [0, 0.1) is 0 Å². The van der Waals surface area contributed by atoms with E-state index in [4.69, 9.17) is 16.3 Å². The van der Waals surface area contributed by atoms with Gasteiger partial charge in [0.2, 0.25) is 10.0 Å². The maximum Gasteiger partial charge on any atom is 0.287 e. The zero-order chi connectivity index (χ0) is 20.4. The molecule has 0 N–H and O–H groups in total. The number of benzene rings is 2. The Labute approximate surface area is 172 Å². The molecule has 1 saturated heterocycles. The highest BCUT2D eigenvalue weighted by molar-refractivity contribution is 8.00. The van der Waals surface area contributed by atoms with Crippen LogP contribution in [0.25, 0.3) is 0 Å². The quantitative estimate of drug-likeness (QED) is 0.680. The van der Waals surface area contributed by atoms with Gasteiger partial charge in [-0.3, -0.25) is 0 Å². The van der Waals surface area contributed by atoms with E-state index in [9.17, 15) is 16.8 Å². The van der Waals surface area contributed by atoms with Gasteiger partial charge in [0.25, 0.3) is 10.0 Å².